The topological polar surface area (TPSA) is 101 Å². The van der Waals surface area contributed by atoms with Gasteiger partial charge in [-0.1, -0.05) is 19.9 Å². The maximum Gasteiger partial charge on any atom is 0.251 e. The zero-order valence-electron chi connectivity index (χ0n) is 13.8. The van der Waals surface area contributed by atoms with Crippen LogP contribution in [0.5, 0.6) is 0 Å². The number of benzene rings is 1. The maximum atomic E-state index is 12.7. The smallest absolute Gasteiger partial charge is 0.251 e. The van der Waals surface area contributed by atoms with E-state index in [4.69, 9.17) is 5.73 Å². The van der Waals surface area contributed by atoms with Crippen LogP contribution < -0.4 is 15.8 Å². The van der Waals surface area contributed by atoms with Gasteiger partial charge in [-0.3, -0.25) is 4.79 Å². The van der Waals surface area contributed by atoms with Crippen molar-refractivity contribution in [3.63, 3.8) is 0 Å². The second-order valence-corrected chi connectivity index (χ2v) is 8.48. The Labute approximate surface area is 137 Å². The van der Waals surface area contributed by atoms with Crippen LogP contribution in [0.1, 0.15) is 43.1 Å². The molecule has 1 aromatic rings. The zero-order chi connectivity index (χ0) is 17.3. The minimum absolute atomic E-state index is 0.0942. The number of hydrogen-bond acceptors (Lipinski definition) is 4. The van der Waals surface area contributed by atoms with Gasteiger partial charge in [0.05, 0.1) is 4.90 Å². The molecule has 0 saturated carbocycles. The second kappa shape index (κ2) is 6.59. The Morgan fingerprint density at radius 1 is 1.39 bits per heavy atom. The van der Waals surface area contributed by atoms with Crippen LogP contribution in [0, 0.1) is 5.92 Å². The normalized spacial score (nSPS) is 17.5. The third-order valence-corrected chi connectivity index (χ3v) is 5.64. The van der Waals surface area contributed by atoms with Gasteiger partial charge >= 0.3 is 0 Å². The first-order valence-corrected chi connectivity index (χ1v) is 9.30. The molecule has 1 amide bonds. The second-order valence-electron chi connectivity index (χ2n) is 6.79. The standard InChI is InChI=1S/C16H25N3O3S/c1-11(2)9-16(3,10-17)19-23(21,22)13-5-4-12-6-7-18-15(20)14(12)8-13/h4-5,8,11,19H,6-7,9-10,17H2,1-3H3,(H,18,20). The molecule has 2 rings (SSSR count). The van der Waals surface area contributed by atoms with Crippen LogP contribution in [0.4, 0.5) is 0 Å². The fourth-order valence-electron chi connectivity index (χ4n) is 3.01. The third-order valence-electron chi connectivity index (χ3n) is 4.01. The third kappa shape index (κ3) is 4.10. The van der Waals surface area contributed by atoms with E-state index in [1.54, 1.807) is 19.1 Å². The van der Waals surface area contributed by atoms with Crippen molar-refractivity contribution < 1.29 is 13.2 Å². The summed E-state index contributed by atoms with van der Waals surface area (Å²) in [6.07, 6.45) is 1.34. The monoisotopic (exact) mass is 339 g/mol. The van der Waals surface area contributed by atoms with E-state index in [1.807, 2.05) is 13.8 Å². The summed E-state index contributed by atoms with van der Waals surface area (Å²) in [4.78, 5) is 12.0. The minimum atomic E-state index is -3.74. The molecular weight excluding hydrogens is 314 g/mol. The van der Waals surface area contributed by atoms with Crippen LogP contribution in [0.3, 0.4) is 0 Å². The summed E-state index contributed by atoms with van der Waals surface area (Å²) < 4.78 is 28.1. The van der Waals surface area contributed by atoms with Gasteiger partial charge in [0.25, 0.3) is 5.91 Å². The maximum absolute atomic E-state index is 12.7. The highest BCUT2D eigenvalue weighted by atomic mass is 32.2. The van der Waals surface area contributed by atoms with Crippen molar-refractivity contribution in [3.05, 3.63) is 29.3 Å². The highest BCUT2D eigenvalue weighted by Gasteiger charge is 2.31. The number of fused-ring (bicyclic) bond motifs is 1. The fraction of sp³-hybridized carbons (Fsp3) is 0.562. The van der Waals surface area contributed by atoms with E-state index in [0.717, 1.165) is 5.56 Å². The van der Waals surface area contributed by atoms with Crippen molar-refractivity contribution in [1.82, 2.24) is 10.0 Å². The van der Waals surface area contributed by atoms with Crippen molar-refractivity contribution in [3.8, 4) is 0 Å². The van der Waals surface area contributed by atoms with Gasteiger partial charge in [0.2, 0.25) is 10.0 Å². The fourth-order valence-corrected chi connectivity index (χ4v) is 4.46. The van der Waals surface area contributed by atoms with Crippen LogP contribution in [-0.2, 0) is 16.4 Å². The molecule has 1 aromatic carbocycles. The number of carbonyl (C=O) groups excluding carboxylic acids is 1. The molecule has 128 valence electrons. The summed E-state index contributed by atoms with van der Waals surface area (Å²) in [7, 11) is -3.74. The summed E-state index contributed by atoms with van der Waals surface area (Å²) in [6, 6.07) is 4.70. The summed E-state index contributed by atoms with van der Waals surface area (Å²) in [6.45, 7) is 6.62. The summed E-state index contributed by atoms with van der Waals surface area (Å²) in [5.74, 6) is 0.0765. The van der Waals surface area contributed by atoms with Crippen molar-refractivity contribution in [1.29, 1.82) is 0 Å². The largest absolute Gasteiger partial charge is 0.352 e. The Hall–Kier alpha value is -1.44. The molecular formula is C16H25N3O3S. The highest BCUT2D eigenvalue weighted by molar-refractivity contribution is 7.89. The average molecular weight is 339 g/mol. The molecule has 0 bridgehead atoms. The predicted octanol–water partition coefficient (Wildman–Crippen LogP) is 1.01. The lowest BCUT2D eigenvalue weighted by molar-refractivity contribution is 0.0945. The zero-order valence-corrected chi connectivity index (χ0v) is 14.7. The first kappa shape index (κ1) is 17.9. The van der Waals surface area contributed by atoms with E-state index in [2.05, 4.69) is 10.0 Å². The van der Waals surface area contributed by atoms with Crippen LogP contribution in [0.2, 0.25) is 0 Å². The molecule has 0 fully saturated rings. The number of hydrogen-bond donors (Lipinski definition) is 3. The Morgan fingerprint density at radius 3 is 2.70 bits per heavy atom. The molecule has 6 nitrogen and oxygen atoms in total. The van der Waals surface area contributed by atoms with Crippen LogP contribution in [-0.4, -0.2) is 33.0 Å². The average Bonchev–Trinajstić information content (AvgIpc) is 2.46. The van der Waals surface area contributed by atoms with Gasteiger partial charge in [-0.05, 0) is 43.4 Å². The van der Waals surface area contributed by atoms with Crippen LogP contribution >= 0.6 is 0 Å². The SMILES string of the molecule is CC(C)CC(C)(CN)NS(=O)(=O)c1ccc2c(c1)C(=O)NCC2. The van der Waals surface area contributed by atoms with Gasteiger partial charge in [-0.25, -0.2) is 13.1 Å². The molecule has 7 heteroatoms. The van der Waals surface area contributed by atoms with Crippen LogP contribution in [0.15, 0.2) is 23.1 Å². The van der Waals surface area contributed by atoms with Gasteiger partial charge in [0.1, 0.15) is 0 Å². The molecule has 1 heterocycles. The van der Waals surface area contributed by atoms with Gasteiger partial charge in [-0.2, -0.15) is 0 Å². The molecule has 23 heavy (non-hydrogen) atoms. The first-order chi connectivity index (χ1) is 10.7. The van der Waals surface area contributed by atoms with Gasteiger partial charge < -0.3 is 11.1 Å². The Bertz CT molecular complexity index is 701. The molecule has 0 aliphatic carbocycles. The summed E-state index contributed by atoms with van der Waals surface area (Å²) in [5.41, 5.74) is 6.37. The van der Waals surface area contributed by atoms with Gasteiger partial charge in [0, 0.05) is 24.2 Å². The lowest BCUT2D eigenvalue weighted by Gasteiger charge is -2.31. The minimum Gasteiger partial charge on any atom is -0.352 e. The predicted molar refractivity (Wildman–Crippen MR) is 89.7 cm³/mol. The Kier molecular flexibility index (Phi) is 5.13. The molecule has 1 aliphatic rings. The first-order valence-electron chi connectivity index (χ1n) is 7.82. The lowest BCUT2D eigenvalue weighted by atomic mass is 9.92. The molecule has 0 aromatic heterocycles. The van der Waals surface area contributed by atoms with Gasteiger partial charge in [-0.15, -0.1) is 0 Å². The van der Waals surface area contributed by atoms with E-state index in [-0.39, 0.29) is 17.3 Å². The van der Waals surface area contributed by atoms with E-state index in [0.29, 0.717) is 30.9 Å². The van der Waals surface area contributed by atoms with Crippen molar-refractivity contribution in [2.24, 2.45) is 11.7 Å². The van der Waals surface area contributed by atoms with Crippen molar-refractivity contribution in [2.75, 3.05) is 13.1 Å². The summed E-state index contributed by atoms with van der Waals surface area (Å²) >= 11 is 0. The van der Waals surface area contributed by atoms with E-state index in [9.17, 15) is 13.2 Å². The number of carbonyl (C=O) groups is 1. The van der Waals surface area contributed by atoms with Crippen molar-refractivity contribution in [2.45, 2.75) is 44.0 Å². The number of nitrogens with one attached hydrogen (secondary N) is 2. The lowest BCUT2D eigenvalue weighted by Crippen LogP contribution is -2.52. The molecule has 0 saturated heterocycles. The molecule has 0 radical (unpaired) electrons. The summed E-state index contributed by atoms with van der Waals surface area (Å²) in [5, 5.41) is 2.73. The van der Waals surface area contributed by atoms with E-state index in [1.165, 1.54) is 6.07 Å². The van der Waals surface area contributed by atoms with E-state index >= 15 is 0 Å². The van der Waals surface area contributed by atoms with Crippen molar-refractivity contribution >= 4 is 15.9 Å². The molecule has 0 spiro atoms. The number of nitrogens with two attached hydrogens (primary N) is 1. The molecule has 1 unspecified atom stereocenters. The number of amides is 1. The quantitative estimate of drug-likeness (QED) is 0.720. The number of sulfonamides is 1. The van der Waals surface area contributed by atoms with Crippen LogP contribution in [0.25, 0.3) is 0 Å². The number of rotatable bonds is 6. The molecule has 1 aliphatic heterocycles. The van der Waals surface area contributed by atoms with E-state index < -0.39 is 15.6 Å². The molecule has 4 N–H and O–H groups in total. The van der Waals surface area contributed by atoms with Gasteiger partial charge in [0.15, 0.2) is 0 Å². The Morgan fingerprint density at radius 2 is 2.09 bits per heavy atom. The Balaban J connectivity index is 2.33. The molecule has 1 atom stereocenters. The highest BCUT2D eigenvalue weighted by Crippen LogP contribution is 2.22.